The van der Waals surface area contributed by atoms with Gasteiger partial charge in [0, 0.05) is 22.6 Å². The topological polar surface area (TPSA) is 161 Å². The normalized spacial score (nSPS) is 17.1. The summed E-state index contributed by atoms with van der Waals surface area (Å²) < 4.78 is 6.82. The number of likely N-dealkylation sites (tertiary alicyclic amines) is 1. The third kappa shape index (κ3) is 4.62. The molecule has 1 aromatic carbocycles. The number of anilines is 1. The van der Waals surface area contributed by atoms with Gasteiger partial charge in [-0.2, -0.15) is 9.78 Å². The number of hydrogen-bond acceptors (Lipinski definition) is 10. The van der Waals surface area contributed by atoms with Crippen LogP contribution in [0.2, 0.25) is 0 Å². The number of phenols is 1. The Morgan fingerprint density at radius 3 is 3.03 bits per heavy atom. The number of rotatable bonds is 6. The maximum atomic E-state index is 12.9. The van der Waals surface area contributed by atoms with Gasteiger partial charge in [-0.05, 0) is 54.8 Å². The Morgan fingerprint density at radius 2 is 2.28 bits per heavy atom. The van der Waals surface area contributed by atoms with Gasteiger partial charge >= 0.3 is 0 Å². The number of hydrogen-bond donors (Lipinski definition) is 3. The molecule has 4 N–H and O–H groups in total. The Balaban J connectivity index is 1.60. The summed E-state index contributed by atoms with van der Waals surface area (Å²) in [4.78, 5) is 15.1. The molecule has 0 saturated carbocycles. The molecular weight excluding hydrogens is 482 g/mol. The number of phenolic OH excluding ortho intramolecular Hbond substituents is 1. The largest absolute Gasteiger partial charge is 0.507 e. The van der Waals surface area contributed by atoms with E-state index in [2.05, 4.69) is 58.9 Å². The maximum Gasteiger partial charge on any atom is 0.293 e. The molecule has 12 nitrogen and oxygen atoms in total. The smallest absolute Gasteiger partial charge is 0.293 e. The van der Waals surface area contributed by atoms with E-state index in [1.54, 1.807) is 12.1 Å². The number of aromatic hydroxyl groups is 1. The number of nitrogen functional groups attached to an aromatic ring is 1. The SMILES string of the molecule is CC1CCCCN1Cc1c(C(=O)N/N=C\c2cc(Br)ccc2O)nnn1-c1nonc1N. The summed E-state index contributed by atoms with van der Waals surface area (Å²) >= 11 is 3.33. The molecule has 1 amide bonds. The van der Waals surface area contributed by atoms with Gasteiger partial charge in [0.25, 0.3) is 5.91 Å². The monoisotopic (exact) mass is 503 g/mol. The maximum absolute atomic E-state index is 12.9. The fraction of sp³-hybridized carbons (Fsp3) is 0.368. The zero-order chi connectivity index (χ0) is 22.7. The van der Waals surface area contributed by atoms with Crippen molar-refractivity contribution in [2.75, 3.05) is 12.3 Å². The number of carbonyl (C=O) groups excluding carboxylic acids is 1. The standard InChI is InChI=1S/C19H22BrN9O3/c1-11-4-2-3-7-28(11)10-14-16(23-27-29(14)18-17(21)25-32-26-18)19(31)24-22-9-12-8-13(20)5-6-15(12)30/h5-6,8-9,11,30H,2-4,7,10H2,1H3,(H2,21,25)(H,24,31)/b22-9-. The highest BCUT2D eigenvalue weighted by Crippen LogP contribution is 2.23. The molecular formula is C19H22BrN9O3. The highest BCUT2D eigenvalue weighted by Gasteiger charge is 2.28. The third-order valence-electron chi connectivity index (χ3n) is 5.33. The second-order valence-electron chi connectivity index (χ2n) is 7.49. The zero-order valence-electron chi connectivity index (χ0n) is 17.3. The van der Waals surface area contributed by atoms with Crippen molar-refractivity contribution >= 4 is 33.9 Å². The number of benzene rings is 1. The van der Waals surface area contributed by atoms with Crippen molar-refractivity contribution in [3.63, 3.8) is 0 Å². The Morgan fingerprint density at radius 1 is 1.44 bits per heavy atom. The lowest BCUT2D eigenvalue weighted by molar-refractivity contribution is 0.0945. The Labute approximate surface area is 191 Å². The van der Waals surface area contributed by atoms with Crippen LogP contribution >= 0.6 is 15.9 Å². The van der Waals surface area contributed by atoms with Gasteiger partial charge in [0.1, 0.15) is 5.75 Å². The van der Waals surface area contributed by atoms with Crippen LogP contribution in [-0.2, 0) is 6.54 Å². The van der Waals surface area contributed by atoms with Gasteiger partial charge in [-0.1, -0.05) is 27.6 Å². The highest BCUT2D eigenvalue weighted by atomic mass is 79.9. The summed E-state index contributed by atoms with van der Waals surface area (Å²) in [6.45, 7) is 3.45. The Kier molecular flexibility index (Phi) is 6.46. The molecule has 4 rings (SSSR count). The predicted molar refractivity (Wildman–Crippen MR) is 118 cm³/mol. The van der Waals surface area contributed by atoms with Crippen molar-refractivity contribution in [3.05, 3.63) is 39.6 Å². The first kappa shape index (κ1) is 21.9. The van der Waals surface area contributed by atoms with Crippen LogP contribution in [0.4, 0.5) is 5.82 Å². The molecule has 1 saturated heterocycles. The van der Waals surface area contributed by atoms with Crippen LogP contribution in [0.5, 0.6) is 5.75 Å². The number of nitrogens with two attached hydrogens (primary N) is 1. The first-order chi connectivity index (χ1) is 15.4. The van der Waals surface area contributed by atoms with E-state index in [0.29, 0.717) is 23.8 Å². The average molecular weight is 504 g/mol. The summed E-state index contributed by atoms with van der Waals surface area (Å²) in [6, 6.07) is 5.23. The molecule has 1 fully saturated rings. The molecule has 1 atom stereocenters. The Bertz CT molecular complexity index is 1140. The van der Waals surface area contributed by atoms with E-state index in [1.807, 2.05) is 0 Å². The summed E-state index contributed by atoms with van der Waals surface area (Å²) in [6.07, 6.45) is 4.65. The fourth-order valence-electron chi connectivity index (χ4n) is 3.55. The number of hydrazone groups is 1. The summed E-state index contributed by atoms with van der Waals surface area (Å²) in [5, 5.41) is 29.3. The van der Waals surface area contributed by atoms with Crippen LogP contribution in [0, 0.1) is 0 Å². The van der Waals surface area contributed by atoms with Crippen molar-refractivity contribution in [1.82, 2.24) is 35.6 Å². The van der Waals surface area contributed by atoms with Crippen LogP contribution in [0.3, 0.4) is 0 Å². The molecule has 13 heteroatoms. The molecule has 1 aliphatic heterocycles. The van der Waals surface area contributed by atoms with Gasteiger partial charge in [0.15, 0.2) is 5.69 Å². The first-order valence-corrected chi connectivity index (χ1v) is 10.8. The van der Waals surface area contributed by atoms with Gasteiger partial charge < -0.3 is 10.8 Å². The molecule has 2 aromatic heterocycles. The number of nitrogens with zero attached hydrogens (tertiary/aromatic N) is 7. The van der Waals surface area contributed by atoms with Gasteiger partial charge in [-0.15, -0.1) is 5.10 Å². The fourth-order valence-corrected chi connectivity index (χ4v) is 3.93. The van der Waals surface area contributed by atoms with E-state index in [0.717, 1.165) is 23.9 Å². The highest BCUT2D eigenvalue weighted by molar-refractivity contribution is 9.10. The second kappa shape index (κ2) is 9.44. The van der Waals surface area contributed by atoms with Crippen molar-refractivity contribution in [1.29, 1.82) is 0 Å². The molecule has 0 spiro atoms. The van der Waals surface area contributed by atoms with E-state index >= 15 is 0 Å². The third-order valence-corrected chi connectivity index (χ3v) is 5.82. The van der Waals surface area contributed by atoms with Gasteiger partial charge in [-0.3, -0.25) is 9.69 Å². The summed E-state index contributed by atoms with van der Waals surface area (Å²) in [5.41, 5.74) is 9.29. The zero-order valence-corrected chi connectivity index (χ0v) is 18.9. The number of amides is 1. The molecule has 1 aliphatic rings. The van der Waals surface area contributed by atoms with Gasteiger partial charge in [0.2, 0.25) is 11.6 Å². The first-order valence-electron chi connectivity index (χ1n) is 10.0. The number of carbonyl (C=O) groups is 1. The number of aromatic nitrogens is 5. The van der Waals surface area contributed by atoms with Gasteiger partial charge in [-0.25, -0.2) is 10.1 Å². The van der Waals surface area contributed by atoms with Crippen LogP contribution in [0.25, 0.3) is 5.82 Å². The number of piperidine rings is 1. The minimum absolute atomic E-state index is 0.0333. The molecule has 3 aromatic rings. The second-order valence-corrected chi connectivity index (χ2v) is 8.40. The van der Waals surface area contributed by atoms with Crippen LogP contribution in [0.15, 0.2) is 32.4 Å². The van der Waals surface area contributed by atoms with Gasteiger partial charge in [0.05, 0.1) is 11.9 Å². The molecule has 32 heavy (non-hydrogen) atoms. The van der Waals surface area contributed by atoms with Crippen molar-refractivity contribution in [2.24, 2.45) is 5.10 Å². The molecule has 0 aliphatic carbocycles. The minimum atomic E-state index is -0.559. The van der Waals surface area contributed by atoms with E-state index in [9.17, 15) is 9.90 Å². The molecule has 0 radical (unpaired) electrons. The molecule has 168 valence electrons. The van der Waals surface area contributed by atoms with E-state index < -0.39 is 5.91 Å². The summed E-state index contributed by atoms with van der Waals surface area (Å²) in [7, 11) is 0. The number of nitrogens with one attached hydrogen (secondary N) is 1. The van der Waals surface area contributed by atoms with E-state index in [1.165, 1.54) is 23.4 Å². The van der Waals surface area contributed by atoms with Crippen LogP contribution < -0.4 is 11.2 Å². The average Bonchev–Trinajstić information content (AvgIpc) is 3.38. The predicted octanol–water partition coefficient (Wildman–Crippen LogP) is 1.84. The van der Waals surface area contributed by atoms with Crippen LogP contribution in [0.1, 0.15) is 47.9 Å². The van der Waals surface area contributed by atoms with E-state index in [-0.39, 0.29) is 23.1 Å². The summed E-state index contributed by atoms with van der Waals surface area (Å²) in [5.74, 6) is -0.320. The molecule has 3 heterocycles. The molecule has 1 unspecified atom stereocenters. The van der Waals surface area contributed by atoms with Crippen LogP contribution in [-0.4, -0.2) is 60.0 Å². The van der Waals surface area contributed by atoms with Crippen molar-refractivity contribution < 1.29 is 14.5 Å². The Hall–Kier alpha value is -3.32. The lowest BCUT2D eigenvalue weighted by atomic mass is 10.0. The lowest BCUT2D eigenvalue weighted by Crippen LogP contribution is -2.38. The molecule has 0 bridgehead atoms. The van der Waals surface area contributed by atoms with Crippen molar-refractivity contribution in [2.45, 2.75) is 38.8 Å². The number of halogens is 1. The van der Waals surface area contributed by atoms with E-state index in [4.69, 9.17) is 10.4 Å². The minimum Gasteiger partial charge on any atom is -0.507 e. The quantitative estimate of drug-likeness (QED) is 0.336. The lowest BCUT2D eigenvalue weighted by Gasteiger charge is -2.33. The van der Waals surface area contributed by atoms with Crippen molar-refractivity contribution in [3.8, 4) is 11.6 Å².